The molecule has 3 unspecified atom stereocenters. The summed E-state index contributed by atoms with van der Waals surface area (Å²) in [5.74, 6) is -0.309. The van der Waals surface area contributed by atoms with E-state index < -0.39 is 6.04 Å². The fourth-order valence-corrected chi connectivity index (χ4v) is 4.11. The number of carbonyl (C=O) groups is 2. The van der Waals surface area contributed by atoms with Gasteiger partial charge < -0.3 is 20.7 Å². The highest BCUT2D eigenvalue weighted by molar-refractivity contribution is 5.90. The molecule has 0 bridgehead atoms. The Morgan fingerprint density at radius 1 is 1.07 bits per heavy atom. The largest absolute Gasteiger partial charge is 0.376 e. The first kappa shape index (κ1) is 20.6. The van der Waals surface area contributed by atoms with Crippen molar-refractivity contribution in [3.63, 3.8) is 0 Å². The predicted octanol–water partition coefficient (Wildman–Crippen LogP) is 1.72. The summed E-state index contributed by atoms with van der Waals surface area (Å²) in [6.07, 6.45) is 3.13. The molecular formula is C24H29N3O3. The summed E-state index contributed by atoms with van der Waals surface area (Å²) in [4.78, 5) is 25.9. The van der Waals surface area contributed by atoms with E-state index in [1.807, 2.05) is 42.5 Å². The molecule has 2 aromatic rings. The Bertz CT molecular complexity index is 865. The number of nitrogens with one attached hydrogen (secondary N) is 3. The number of carbonyl (C=O) groups excluding carboxylic acids is 2. The minimum Gasteiger partial charge on any atom is -0.376 e. The van der Waals surface area contributed by atoms with E-state index >= 15 is 0 Å². The van der Waals surface area contributed by atoms with Crippen molar-refractivity contribution in [3.8, 4) is 0 Å². The maximum absolute atomic E-state index is 13.0. The Morgan fingerprint density at radius 3 is 2.60 bits per heavy atom. The fourth-order valence-electron chi connectivity index (χ4n) is 4.11. The second-order valence-electron chi connectivity index (χ2n) is 8.04. The standard InChI is InChI=1S/C24H29N3O3/c28-23(26-16-20-11-6-12-30-20)22(13-17-7-2-1-3-8-17)27-24(29)21-14-18-9-4-5-10-19(18)15-25-21/h1-5,7-10,20-22,25H,6,11-16H2,(H,26,28)(H,27,29). The lowest BCUT2D eigenvalue weighted by atomic mass is 9.95. The molecular weight excluding hydrogens is 378 g/mol. The van der Waals surface area contributed by atoms with Gasteiger partial charge in [-0.05, 0) is 36.0 Å². The normalized spacial score (nSPS) is 21.5. The number of ether oxygens (including phenoxy) is 1. The molecule has 2 heterocycles. The molecule has 2 amide bonds. The third-order valence-electron chi connectivity index (χ3n) is 5.84. The average molecular weight is 408 g/mol. The first-order valence-electron chi connectivity index (χ1n) is 10.7. The van der Waals surface area contributed by atoms with Crippen molar-refractivity contribution in [2.75, 3.05) is 13.2 Å². The van der Waals surface area contributed by atoms with Crippen LogP contribution >= 0.6 is 0 Å². The molecule has 0 spiro atoms. The molecule has 0 saturated carbocycles. The predicted molar refractivity (Wildman–Crippen MR) is 115 cm³/mol. The van der Waals surface area contributed by atoms with Crippen LogP contribution in [0.5, 0.6) is 0 Å². The van der Waals surface area contributed by atoms with Gasteiger partial charge in [0.15, 0.2) is 0 Å². The van der Waals surface area contributed by atoms with Crippen LogP contribution < -0.4 is 16.0 Å². The van der Waals surface area contributed by atoms with Gasteiger partial charge in [-0.2, -0.15) is 0 Å². The summed E-state index contributed by atoms with van der Waals surface area (Å²) in [6, 6.07) is 17.0. The van der Waals surface area contributed by atoms with Gasteiger partial charge in [-0.15, -0.1) is 0 Å². The van der Waals surface area contributed by atoms with Gasteiger partial charge in [0.2, 0.25) is 11.8 Å². The maximum atomic E-state index is 13.0. The van der Waals surface area contributed by atoms with Crippen molar-refractivity contribution >= 4 is 11.8 Å². The zero-order valence-electron chi connectivity index (χ0n) is 17.1. The van der Waals surface area contributed by atoms with Gasteiger partial charge in [0, 0.05) is 26.1 Å². The first-order chi connectivity index (χ1) is 14.7. The van der Waals surface area contributed by atoms with E-state index in [4.69, 9.17) is 4.74 Å². The van der Waals surface area contributed by atoms with E-state index in [1.165, 1.54) is 11.1 Å². The second-order valence-corrected chi connectivity index (χ2v) is 8.04. The Labute approximate surface area is 177 Å². The SMILES string of the molecule is O=C(NC(Cc1ccccc1)C(=O)NCC1CCCO1)C1Cc2ccccc2CN1. The number of fused-ring (bicyclic) bond motifs is 1. The number of hydrogen-bond donors (Lipinski definition) is 3. The fraction of sp³-hybridized carbons (Fsp3) is 0.417. The second kappa shape index (κ2) is 9.87. The highest BCUT2D eigenvalue weighted by Crippen LogP contribution is 2.17. The van der Waals surface area contributed by atoms with Crippen LogP contribution in [0.25, 0.3) is 0 Å². The van der Waals surface area contributed by atoms with E-state index in [-0.39, 0.29) is 24.0 Å². The molecule has 2 aliphatic heterocycles. The molecule has 3 atom stereocenters. The minimum absolute atomic E-state index is 0.0681. The monoisotopic (exact) mass is 407 g/mol. The highest BCUT2D eigenvalue weighted by atomic mass is 16.5. The zero-order valence-corrected chi connectivity index (χ0v) is 17.1. The molecule has 2 aliphatic rings. The van der Waals surface area contributed by atoms with Crippen molar-refractivity contribution in [2.24, 2.45) is 0 Å². The summed E-state index contributed by atoms with van der Waals surface area (Å²) in [6.45, 7) is 1.89. The molecule has 1 fully saturated rings. The van der Waals surface area contributed by atoms with E-state index in [0.717, 1.165) is 25.0 Å². The van der Waals surface area contributed by atoms with Gasteiger partial charge in [0.05, 0.1) is 12.1 Å². The molecule has 158 valence electrons. The Balaban J connectivity index is 1.40. The summed E-state index contributed by atoms with van der Waals surface area (Å²) in [7, 11) is 0. The van der Waals surface area contributed by atoms with Crippen LogP contribution in [0.3, 0.4) is 0 Å². The van der Waals surface area contributed by atoms with Crippen LogP contribution in [0, 0.1) is 0 Å². The van der Waals surface area contributed by atoms with Crippen LogP contribution in [0.4, 0.5) is 0 Å². The molecule has 1 saturated heterocycles. The molecule has 2 aromatic carbocycles. The third kappa shape index (κ3) is 5.26. The van der Waals surface area contributed by atoms with Crippen molar-refractivity contribution < 1.29 is 14.3 Å². The van der Waals surface area contributed by atoms with Gasteiger partial charge in [-0.3, -0.25) is 9.59 Å². The number of benzene rings is 2. The zero-order chi connectivity index (χ0) is 20.8. The van der Waals surface area contributed by atoms with Gasteiger partial charge in [-0.1, -0.05) is 54.6 Å². The number of hydrogen-bond acceptors (Lipinski definition) is 4. The number of rotatable bonds is 7. The van der Waals surface area contributed by atoms with Crippen molar-refractivity contribution in [3.05, 3.63) is 71.3 Å². The molecule has 6 heteroatoms. The smallest absolute Gasteiger partial charge is 0.243 e. The lowest BCUT2D eigenvalue weighted by Crippen LogP contribution is -2.55. The van der Waals surface area contributed by atoms with Gasteiger partial charge in [0.25, 0.3) is 0 Å². The molecule has 6 nitrogen and oxygen atoms in total. The molecule has 0 radical (unpaired) electrons. The van der Waals surface area contributed by atoms with Crippen LogP contribution in [-0.4, -0.2) is 43.2 Å². The molecule has 0 aliphatic carbocycles. The van der Waals surface area contributed by atoms with Crippen LogP contribution in [-0.2, 0) is 33.7 Å². The first-order valence-corrected chi connectivity index (χ1v) is 10.7. The van der Waals surface area contributed by atoms with Crippen LogP contribution in [0.15, 0.2) is 54.6 Å². The van der Waals surface area contributed by atoms with Crippen molar-refractivity contribution in [1.29, 1.82) is 0 Å². The third-order valence-corrected chi connectivity index (χ3v) is 5.84. The Kier molecular flexibility index (Phi) is 6.77. The summed E-state index contributed by atoms with van der Waals surface area (Å²) >= 11 is 0. The van der Waals surface area contributed by atoms with Gasteiger partial charge in [0.1, 0.15) is 6.04 Å². The quantitative estimate of drug-likeness (QED) is 0.653. The van der Waals surface area contributed by atoms with Gasteiger partial charge >= 0.3 is 0 Å². The van der Waals surface area contributed by atoms with E-state index in [1.54, 1.807) is 0 Å². The molecule has 0 aromatic heterocycles. The Hall–Kier alpha value is -2.70. The topological polar surface area (TPSA) is 79.5 Å². The molecule has 4 rings (SSSR count). The van der Waals surface area contributed by atoms with Crippen molar-refractivity contribution in [2.45, 2.75) is 50.4 Å². The summed E-state index contributed by atoms with van der Waals surface area (Å²) in [5, 5.41) is 9.25. The van der Waals surface area contributed by atoms with Crippen molar-refractivity contribution in [1.82, 2.24) is 16.0 Å². The summed E-state index contributed by atoms with van der Waals surface area (Å²) in [5.41, 5.74) is 3.41. The molecule has 3 N–H and O–H groups in total. The van der Waals surface area contributed by atoms with Gasteiger partial charge in [-0.25, -0.2) is 0 Å². The lowest BCUT2D eigenvalue weighted by molar-refractivity contribution is -0.130. The molecule has 30 heavy (non-hydrogen) atoms. The highest BCUT2D eigenvalue weighted by Gasteiger charge is 2.29. The van der Waals surface area contributed by atoms with E-state index in [2.05, 4.69) is 28.1 Å². The van der Waals surface area contributed by atoms with Crippen LogP contribution in [0.1, 0.15) is 29.5 Å². The van der Waals surface area contributed by atoms with Crippen LogP contribution in [0.2, 0.25) is 0 Å². The van der Waals surface area contributed by atoms with E-state index in [9.17, 15) is 9.59 Å². The average Bonchev–Trinajstić information content (AvgIpc) is 3.31. The summed E-state index contributed by atoms with van der Waals surface area (Å²) < 4.78 is 5.60. The number of amides is 2. The van der Waals surface area contributed by atoms with E-state index in [0.29, 0.717) is 25.9 Å². The Morgan fingerprint density at radius 2 is 1.83 bits per heavy atom. The minimum atomic E-state index is -0.625. The lowest BCUT2D eigenvalue weighted by Gasteiger charge is -2.27. The maximum Gasteiger partial charge on any atom is 0.243 e.